The van der Waals surface area contributed by atoms with Crippen LogP contribution in [0.2, 0.25) is 0 Å². The summed E-state index contributed by atoms with van der Waals surface area (Å²) < 4.78 is 0.968. The van der Waals surface area contributed by atoms with Crippen LogP contribution in [0.5, 0.6) is 0 Å². The third-order valence-corrected chi connectivity index (χ3v) is 7.42. The third kappa shape index (κ3) is 8.31. The molecule has 1 aliphatic rings. The van der Waals surface area contributed by atoms with Gasteiger partial charge in [0.25, 0.3) is 0 Å². The Morgan fingerprint density at radius 3 is 2.50 bits per heavy atom. The molecule has 176 valence electrons. The first-order chi connectivity index (χ1) is 15.2. The molecular formula is C24H34BrN3O3S. The molecule has 0 spiro atoms. The smallest absolute Gasteiger partial charge is 0.303 e. The van der Waals surface area contributed by atoms with Gasteiger partial charge in [-0.2, -0.15) is 0 Å². The van der Waals surface area contributed by atoms with Gasteiger partial charge < -0.3 is 16.2 Å². The highest BCUT2D eigenvalue weighted by molar-refractivity contribution is 9.10. The van der Waals surface area contributed by atoms with E-state index in [1.54, 1.807) is 0 Å². The van der Waals surface area contributed by atoms with Crippen LogP contribution in [-0.2, 0) is 21.7 Å². The van der Waals surface area contributed by atoms with E-state index in [9.17, 15) is 9.59 Å². The Labute approximate surface area is 203 Å². The number of aliphatic carboxylic acids is 1. The van der Waals surface area contributed by atoms with E-state index < -0.39 is 5.97 Å². The monoisotopic (exact) mass is 523 g/mol. The van der Waals surface area contributed by atoms with Crippen molar-refractivity contribution >= 4 is 39.1 Å². The van der Waals surface area contributed by atoms with Crippen molar-refractivity contribution in [2.24, 2.45) is 5.73 Å². The molecule has 0 aliphatic heterocycles. The van der Waals surface area contributed by atoms with Crippen LogP contribution in [0, 0.1) is 0 Å². The number of hydrogen-bond donors (Lipinski definition) is 3. The summed E-state index contributed by atoms with van der Waals surface area (Å²) in [6.07, 6.45) is 5.35. The maximum Gasteiger partial charge on any atom is 0.303 e. The van der Waals surface area contributed by atoms with Gasteiger partial charge in [-0.1, -0.05) is 34.1 Å². The average Bonchev–Trinajstić information content (AvgIpc) is 3.28. The van der Waals surface area contributed by atoms with Crippen LogP contribution in [0.25, 0.3) is 0 Å². The molecule has 0 bridgehead atoms. The number of carboxylic acid groups (broad SMARTS) is 1. The van der Waals surface area contributed by atoms with Gasteiger partial charge in [0.05, 0.1) is 5.54 Å². The van der Waals surface area contributed by atoms with E-state index in [4.69, 9.17) is 10.8 Å². The molecule has 1 aromatic carbocycles. The second-order valence-corrected chi connectivity index (χ2v) is 10.3. The van der Waals surface area contributed by atoms with E-state index in [2.05, 4.69) is 57.8 Å². The summed E-state index contributed by atoms with van der Waals surface area (Å²) in [7, 11) is 4.38. The Bertz CT molecular complexity index is 850. The summed E-state index contributed by atoms with van der Waals surface area (Å²) in [4.78, 5) is 25.5. The Morgan fingerprint density at radius 2 is 1.94 bits per heavy atom. The van der Waals surface area contributed by atoms with Crippen molar-refractivity contribution in [2.45, 2.75) is 63.1 Å². The van der Waals surface area contributed by atoms with Crippen LogP contribution in [0.4, 0.5) is 0 Å². The molecule has 1 fully saturated rings. The summed E-state index contributed by atoms with van der Waals surface area (Å²) in [5.41, 5.74) is 7.25. The zero-order chi connectivity index (χ0) is 23.6. The topological polar surface area (TPSA) is 95.7 Å². The number of thiophene rings is 1. The second-order valence-electron chi connectivity index (χ2n) is 8.39. The number of carboxylic acids is 1. The number of benzene rings is 1. The van der Waals surface area contributed by atoms with E-state index in [0.717, 1.165) is 22.9 Å². The maximum atomic E-state index is 11.4. The van der Waals surface area contributed by atoms with Gasteiger partial charge in [-0.25, -0.2) is 0 Å². The van der Waals surface area contributed by atoms with Crippen molar-refractivity contribution in [1.82, 2.24) is 10.2 Å². The molecule has 6 nitrogen and oxygen atoms in total. The number of carbonyl (C=O) groups is 2. The Kier molecular flexibility index (Phi) is 10.8. The number of halogens is 1. The van der Waals surface area contributed by atoms with E-state index in [1.165, 1.54) is 17.7 Å². The van der Waals surface area contributed by atoms with E-state index >= 15 is 0 Å². The van der Waals surface area contributed by atoms with Crippen LogP contribution < -0.4 is 11.1 Å². The Hall–Kier alpha value is -1.74. The first-order valence-corrected chi connectivity index (χ1v) is 12.6. The Morgan fingerprint density at radius 1 is 1.22 bits per heavy atom. The van der Waals surface area contributed by atoms with Gasteiger partial charge in [-0.15, -0.1) is 11.3 Å². The van der Waals surface area contributed by atoms with Crippen molar-refractivity contribution in [1.29, 1.82) is 0 Å². The highest BCUT2D eigenvalue weighted by atomic mass is 79.9. The molecule has 1 heterocycles. The summed E-state index contributed by atoms with van der Waals surface area (Å²) >= 11 is 5.22. The summed E-state index contributed by atoms with van der Waals surface area (Å²) in [6.45, 7) is 0.464. The highest BCUT2D eigenvalue weighted by Crippen LogP contribution is 2.42. The molecule has 32 heavy (non-hydrogen) atoms. The van der Waals surface area contributed by atoms with Gasteiger partial charge in [0.1, 0.15) is 0 Å². The first-order valence-electron chi connectivity index (χ1n) is 10.9. The number of rotatable bonds is 8. The molecule has 0 atom stereocenters. The van der Waals surface area contributed by atoms with Gasteiger partial charge in [0, 0.05) is 34.8 Å². The minimum absolute atomic E-state index is 0.0320. The number of hydrogen-bond acceptors (Lipinski definition) is 5. The normalized spacial score (nSPS) is 20.3. The fraction of sp³-hybridized carbons (Fsp3) is 0.500. The molecule has 4 N–H and O–H groups in total. The number of carbonyl (C=O) groups excluding carboxylic acids is 1. The SMILES string of the molecule is CN(C)C1(c2cccs2)CCC(N)CC1.O=C(O)CCCC(=O)NCc1cccc(Br)c1. The Balaban J connectivity index is 0.000000228. The standard InChI is InChI=1S/C12H14BrNO3.C12H20N2S/c13-10-4-1-3-9(7-10)8-14-11(15)5-2-6-12(16)17;1-14(2)12(11-4-3-9-15-11)7-5-10(13)6-8-12/h1,3-4,7H,2,5-6,8H2,(H,14,15)(H,16,17);3-4,9-10H,5-8,13H2,1-2H3. The van der Waals surface area contributed by atoms with E-state index in [0.29, 0.717) is 19.0 Å². The lowest BCUT2D eigenvalue weighted by Gasteiger charge is -2.44. The highest BCUT2D eigenvalue weighted by Gasteiger charge is 2.38. The summed E-state index contributed by atoms with van der Waals surface area (Å²) in [5.74, 6) is -0.990. The lowest BCUT2D eigenvalue weighted by molar-refractivity contribution is -0.137. The number of nitrogens with one attached hydrogen (secondary N) is 1. The van der Waals surface area contributed by atoms with Crippen molar-refractivity contribution in [3.63, 3.8) is 0 Å². The predicted molar refractivity (Wildman–Crippen MR) is 134 cm³/mol. The van der Waals surface area contributed by atoms with Gasteiger partial charge >= 0.3 is 5.97 Å². The van der Waals surface area contributed by atoms with E-state index in [1.807, 2.05) is 35.6 Å². The molecular weight excluding hydrogens is 490 g/mol. The third-order valence-electron chi connectivity index (χ3n) is 5.87. The van der Waals surface area contributed by atoms with E-state index in [-0.39, 0.29) is 24.3 Å². The molecule has 0 unspecified atom stereocenters. The number of nitrogens with two attached hydrogens (primary N) is 1. The summed E-state index contributed by atoms with van der Waals surface area (Å²) in [5, 5.41) is 13.4. The molecule has 1 amide bonds. The fourth-order valence-electron chi connectivity index (χ4n) is 3.91. The second kappa shape index (κ2) is 13.1. The van der Waals surface area contributed by atoms with Crippen molar-refractivity contribution in [3.05, 3.63) is 56.7 Å². The lowest BCUT2D eigenvalue weighted by atomic mass is 9.78. The molecule has 1 aromatic heterocycles. The molecule has 1 aliphatic carbocycles. The van der Waals surface area contributed by atoms with Crippen LogP contribution in [0.15, 0.2) is 46.3 Å². The van der Waals surface area contributed by atoms with Crippen molar-refractivity contribution in [3.8, 4) is 0 Å². The van der Waals surface area contributed by atoms with Gasteiger partial charge in [0.2, 0.25) is 5.91 Å². The lowest BCUT2D eigenvalue weighted by Crippen LogP contribution is -2.46. The minimum atomic E-state index is -0.871. The molecule has 3 rings (SSSR count). The van der Waals surface area contributed by atoms with Gasteiger partial charge in [0.15, 0.2) is 0 Å². The zero-order valence-corrected chi connectivity index (χ0v) is 21.3. The fourth-order valence-corrected chi connectivity index (χ4v) is 5.42. The number of nitrogens with zero attached hydrogens (tertiary/aromatic N) is 1. The minimum Gasteiger partial charge on any atom is -0.481 e. The van der Waals surface area contributed by atoms with Gasteiger partial charge in [-0.05, 0) is 75.3 Å². The van der Waals surface area contributed by atoms with Crippen LogP contribution >= 0.6 is 27.3 Å². The average molecular weight is 525 g/mol. The predicted octanol–water partition coefficient (Wildman–Crippen LogP) is 4.73. The van der Waals surface area contributed by atoms with Crippen molar-refractivity contribution in [2.75, 3.05) is 14.1 Å². The van der Waals surface area contributed by atoms with Crippen molar-refractivity contribution < 1.29 is 14.7 Å². The number of amides is 1. The van der Waals surface area contributed by atoms with Gasteiger partial charge in [-0.3, -0.25) is 14.5 Å². The molecule has 0 saturated heterocycles. The largest absolute Gasteiger partial charge is 0.481 e. The maximum absolute atomic E-state index is 11.4. The molecule has 2 aromatic rings. The molecule has 1 saturated carbocycles. The first kappa shape index (κ1) is 26.5. The molecule has 0 radical (unpaired) electrons. The van der Waals surface area contributed by atoms with Crippen LogP contribution in [0.1, 0.15) is 55.4 Å². The van der Waals surface area contributed by atoms with Crippen LogP contribution in [0.3, 0.4) is 0 Å². The quantitative estimate of drug-likeness (QED) is 0.464. The summed E-state index contributed by atoms with van der Waals surface area (Å²) in [6, 6.07) is 12.5. The zero-order valence-electron chi connectivity index (χ0n) is 18.9. The van der Waals surface area contributed by atoms with Crippen LogP contribution in [-0.4, -0.2) is 42.0 Å². The molecule has 8 heteroatoms.